The van der Waals surface area contributed by atoms with E-state index in [2.05, 4.69) is 4.90 Å². The predicted octanol–water partition coefficient (Wildman–Crippen LogP) is 1.96. The molecule has 3 aliphatic heterocycles. The van der Waals surface area contributed by atoms with Gasteiger partial charge in [-0.15, -0.1) is 0 Å². The van der Waals surface area contributed by atoms with Crippen LogP contribution in [0, 0.1) is 5.92 Å². The van der Waals surface area contributed by atoms with Crippen molar-refractivity contribution < 1.29 is 18.0 Å². The number of hydrogen-bond donors (Lipinski definition) is 0. The summed E-state index contributed by atoms with van der Waals surface area (Å²) in [6.07, 6.45) is 0.511. The maximum atomic E-state index is 12.6. The van der Waals surface area contributed by atoms with Gasteiger partial charge in [0, 0.05) is 25.0 Å². The minimum atomic E-state index is -4.14. The largest absolute Gasteiger partial charge is 0.401 e. The van der Waals surface area contributed by atoms with Crippen LogP contribution in [0.1, 0.15) is 32.1 Å². The molecule has 0 bridgehead atoms. The fourth-order valence-corrected chi connectivity index (χ4v) is 4.20. The second kappa shape index (κ2) is 6.97. The Balaban J connectivity index is 1.44. The summed E-state index contributed by atoms with van der Waals surface area (Å²) >= 11 is 0. The number of hydrogen-bond acceptors (Lipinski definition) is 3. The summed E-state index contributed by atoms with van der Waals surface area (Å²) in [5, 5.41) is 0. The number of carbonyl (C=O) groups excluding carboxylic acids is 1. The first-order valence-corrected chi connectivity index (χ1v) is 8.74. The molecule has 0 spiro atoms. The minimum absolute atomic E-state index is 0.0863. The van der Waals surface area contributed by atoms with Crippen molar-refractivity contribution in [2.24, 2.45) is 5.92 Å². The van der Waals surface area contributed by atoms with Crippen LogP contribution >= 0.6 is 0 Å². The standard InChI is InChI=1S/C16H26F3N3O/c17-16(18,19)12-20-8-3-13(4-9-20)15(23)22-10-5-14(11-22)21-6-1-2-7-21/h13-14H,1-12H2. The normalized spacial score (nSPS) is 28.7. The number of rotatable bonds is 3. The van der Waals surface area contributed by atoms with E-state index in [0.29, 0.717) is 32.0 Å². The lowest BCUT2D eigenvalue weighted by Crippen LogP contribution is -2.45. The van der Waals surface area contributed by atoms with Crippen molar-refractivity contribution in [2.75, 3.05) is 45.8 Å². The summed E-state index contributed by atoms with van der Waals surface area (Å²) in [5.74, 6) is 0.0789. The van der Waals surface area contributed by atoms with Gasteiger partial charge in [0.05, 0.1) is 6.54 Å². The molecule has 0 aromatic rings. The molecule has 0 aromatic heterocycles. The highest BCUT2D eigenvalue weighted by atomic mass is 19.4. The lowest BCUT2D eigenvalue weighted by Gasteiger charge is -2.33. The number of likely N-dealkylation sites (tertiary alicyclic amines) is 3. The number of carbonyl (C=O) groups is 1. The Morgan fingerprint density at radius 1 is 0.957 bits per heavy atom. The van der Waals surface area contributed by atoms with Crippen LogP contribution in [-0.2, 0) is 4.79 Å². The summed E-state index contributed by atoms with van der Waals surface area (Å²) in [7, 11) is 0. The minimum Gasteiger partial charge on any atom is -0.341 e. The zero-order valence-corrected chi connectivity index (χ0v) is 13.5. The zero-order chi connectivity index (χ0) is 16.4. The second-order valence-corrected chi connectivity index (χ2v) is 7.14. The first kappa shape index (κ1) is 17.0. The van der Waals surface area contributed by atoms with E-state index < -0.39 is 12.7 Å². The SMILES string of the molecule is O=C(C1CCN(CC(F)(F)F)CC1)N1CCC(N2CCCC2)C1. The maximum absolute atomic E-state index is 12.6. The number of nitrogens with zero attached hydrogens (tertiary/aromatic N) is 3. The van der Waals surface area contributed by atoms with Crippen LogP contribution < -0.4 is 0 Å². The van der Waals surface area contributed by atoms with Crippen molar-refractivity contribution >= 4 is 5.91 Å². The Kier molecular flexibility index (Phi) is 5.16. The van der Waals surface area contributed by atoms with Crippen molar-refractivity contribution in [3.63, 3.8) is 0 Å². The van der Waals surface area contributed by atoms with Gasteiger partial charge < -0.3 is 4.90 Å². The summed E-state index contributed by atoms with van der Waals surface area (Å²) in [6.45, 7) is 3.79. The number of amides is 1. The summed E-state index contributed by atoms with van der Waals surface area (Å²) in [4.78, 5) is 18.5. The first-order valence-electron chi connectivity index (χ1n) is 8.74. The fraction of sp³-hybridized carbons (Fsp3) is 0.938. The van der Waals surface area contributed by atoms with Gasteiger partial charge in [-0.2, -0.15) is 13.2 Å². The first-order chi connectivity index (χ1) is 10.9. The molecule has 132 valence electrons. The van der Waals surface area contributed by atoms with Crippen molar-refractivity contribution in [3.8, 4) is 0 Å². The monoisotopic (exact) mass is 333 g/mol. The molecule has 3 saturated heterocycles. The molecule has 0 aliphatic carbocycles. The molecule has 1 atom stereocenters. The molecule has 3 heterocycles. The summed E-state index contributed by atoms with van der Waals surface area (Å²) in [6, 6.07) is 0.492. The van der Waals surface area contributed by atoms with Crippen LogP contribution in [0.5, 0.6) is 0 Å². The second-order valence-electron chi connectivity index (χ2n) is 7.14. The molecule has 0 radical (unpaired) electrons. The molecule has 3 fully saturated rings. The van der Waals surface area contributed by atoms with Crippen molar-refractivity contribution in [1.29, 1.82) is 0 Å². The van der Waals surface area contributed by atoms with Gasteiger partial charge in [-0.1, -0.05) is 0 Å². The van der Waals surface area contributed by atoms with Crippen LogP contribution in [0.4, 0.5) is 13.2 Å². The number of alkyl halides is 3. The third-order valence-corrected chi connectivity index (χ3v) is 5.47. The molecule has 3 rings (SSSR count). The van der Waals surface area contributed by atoms with Crippen LogP contribution in [0.3, 0.4) is 0 Å². The summed E-state index contributed by atoms with van der Waals surface area (Å²) in [5.41, 5.74) is 0. The third-order valence-electron chi connectivity index (χ3n) is 5.47. The highest BCUT2D eigenvalue weighted by Crippen LogP contribution is 2.26. The Hall–Kier alpha value is -0.820. The molecule has 0 aromatic carbocycles. The number of piperidine rings is 1. The molecular weight excluding hydrogens is 307 g/mol. The van der Waals surface area contributed by atoms with E-state index >= 15 is 0 Å². The van der Waals surface area contributed by atoms with E-state index in [1.807, 2.05) is 4.90 Å². The van der Waals surface area contributed by atoms with E-state index in [1.54, 1.807) is 0 Å². The van der Waals surface area contributed by atoms with Crippen LogP contribution in [0.25, 0.3) is 0 Å². The van der Waals surface area contributed by atoms with Crippen LogP contribution in [0.15, 0.2) is 0 Å². The third kappa shape index (κ3) is 4.38. The molecule has 0 N–H and O–H groups in total. The van der Waals surface area contributed by atoms with E-state index in [4.69, 9.17) is 0 Å². The molecule has 7 heteroatoms. The maximum Gasteiger partial charge on any atom is 0.401 e. The van der Waals surface area contributed by atoms with E-state index in [-0.39, 0.29) is 11.8 Å². The lowest BCUT2D eigenvalue weighted by atomic mass is 9.95. The van der Waals surface area contributed by atoms with Gasteiger partial charge in [-0.05, 0) is 58.3 Å². The van der Waals surface area contributed by atoms with Crippen LogP contribution in [-0.4, -0.2) is 78.6 Å². The molecular formula is C16H26F3N3O. The van der Waals surface area contributed by atoms with Gasteiger partial charge >= 0.3 is 6.18 Å². The zero-order valence-electron chi connectivity index (χ0n) is 13.5. The molecule has 1 amide bonds. The van der Waals surface area contributed by atoms with Gasteiger partial charge in [-0.25, -0.2) is 0 Å². The predicted molar refractivity (Wildman–Crippen MR) is 81.0 cm³/mol. The number of halogens is 3. The van der Waals surface area contributed by atoms with E-state index in [1.165, 1.54) is 17.7 Å². The molecule has 23 heavy (non-hydrogen) atoms. The van der Waals surface area contributed by atoms with Gasteiger partial charge in [0.25, 0.3) is 0 Å². The lowest BCUT2D eigenvalue weighted by molar-refractivity contribution is -0.150. The van der Waals surface area contributed by atoms with Crippen LogP contribution in [0.2, 0.25) is 0 Å². The highest BCUT2D eigenvalue weighted by molar-refractivity contribution is 5.79. The molecule has 1 unspecified atom stereocenters. The topological polar surface area (TPSA) is 26.8 Å². The highest BCUT2D eigenvalue weighted by Gasteiger charge is 2.37. The quantitative estimate of drug-likeness (QED) is 0.790. The van der Waals surface area contributed by atoms with Gasteiger partial charge in [0.1, 0.15) is 0 Å². The Labute approximate surface area is 135 Å². The fourth-order valence-electron chi connectivity index (χ4n) is 4.20. The van der Waals surface area contributed by atoms with Gasteiger partial charge in [0.2, 0.25) is 5.91 Å². The van der Waals surface area contributed by atoms with E-state index in [0.717, 1.165) is 32.6 Å². The molecule has 0 saturated carbocycles. The average Bonchev–Trinajstić information content (AvgIpc) is 3.17. The van der Waals surface area contributed by atoms with Crippen molar-refractivity contribution in [1.82, 2.24) is 14.7 Å². The average molecular weight is 333 g/mol. The van der Waals surface area contributed by atoms with E-state index in [9.17, 15) is 18.0 Å². The van der Waals surface area contributed by atoms with Crippen molar-refractivity contribution in [3.05, 3.63) is 0 Å². The summed E-state index contributed by atoms with van der Waals surface area (Å²) < 4.78 is 37.2. The Morgan fingerprint density at radius 3 is 2.22 bits per heavy atom. The van der Waals surface area contributed by atoms with Gasteiger partial charge in [-0.3, -0.25) is 14.6 Å². The molecule has 4 nitrogen and oxygen atoms in total. The Morgan fingerprint density at radius 2 is 1.61 bits per heavy atom. The smallest absolute Gasteiger partial charge is 0.341 e. The Bertz CT molecular complexity index is 415. The molecule has 3 aliphatic rings. The van der Waals surface area contributed by atoms with Gasteiger partial charge in [0.15, 0.2) is 0 Å². The van der Waals surface area contributed by atoms with Crippen molar-refractivity contribution in [2.45, 2.75) is 44.3 Å².